The second kappa shape index (κ2) is 10.5. The first-order valence-electron chi connectivity index (χ1n) is 13.9. The number of phenolic OH excluding ortho intramolecular Hbond substituents is 1. The summed E-state index contributed by atoms with van der Waals surface area (Å²) >= 11 is 0. The summed E-state index contributed by atoms with van der Waals surface area (Å²) in [5.74, 6) is -6.77. The quantitative estimate of drug-likeness (QED) is 0.246. The van der Waals surface area contributed by atoms with E-state index in [2.05, 4.69) is 18.5 Å². The molecule has 1 aromatic carbocycles. The van der Waals surface area contributed by atoms with Crippen LogP contribution in [0.1, 0.15) is 43.0 Å². The van der Waals surface area contributed by atoms with E-state index in [4.69, 9.17) is 5.73 Å². The van der Waals surface area contributed by atoms with Gasteiger partial charge in [-0.25, -0.2) is 0 Å². The van der Waals surface area contributed by atoms with Crippen molar-refractivity contribution in [3.8, 4) is 16.9 Å². The van der Waals surface area contributed by atoms with Gasteiger partial charge in [-0.15, -0.1) is 0 Å². The summed E-state index contributed by atoms with van der Waals surface area (Å²) in [7, 11) is 3.13. The fourth-order valence-corrected chi connectivity index (χ4v) is 6.90. The summed E-state index contributed by atoms with van der Waals surface area (Å²) in [6, 6.07) is 5.82. The monoisotopic (exact) mass is 573 g/mol. The number of rotatable bonds is 7. The van der Waals surface area contributed by atoms with Gasteiger partial charge in [0.05, 0.1) is 11.6 Å². The first kappa shape index (κ1) is 29.2. The minimum atomic E-state index is -2.67. The molecular formula is C32H35N3O7. The molecule has 5 rings (SSSR count). The molecule has 0 saturated heterocycles. The Labute approximate surface area is 243 Å². The van der Waals surface area contributed by atoms with Crippen LogP contribution in [0.25, 0.3) is 16.9 Å². The highest BCUT2D eigenvalue weighted by molar-refractivity contribution is 6.24. The summed E-state index contributed by atoms with van der Waals surface area (Å²) < 4.78 is 0. The molecule has 1 fully saturated rings. The number of aromatic nitrogens is 1. The molecule has 0 bridgehead atoms. The fraction of sp³-hybridized carbons (Fsp3) is 0.375. The highest BCUT2D eigenvalue weighted by Gasteiger charge is 2.64. The number of ketones is 2. The minimum Gasteiger partial charge on any atom is -0.508 e. The molecule has 1 heterocycles. The molecular weight excluding hydrogens is 538 g/mol. The summed E-state index contributed by atoms with van der Waals surface area (Å²) in [6.45, 7) is 6.19. The van der Waals surface area contributed by atoms with Crippen molar-refractivity contribution in [2.75, 3.05) is 14.1 Å². The van der Waals surface area contributed by atoms with Crippen molar-refractivity contribution in [2.45, 2.75) is 50.7 Å². The standard InChI is InChI=1S/C32H35N3O7/c1-5-6-15(2)11-18-8-7-16(14-34-18)19-9-10-22(36)24-20(19)12-17-13-21-26(35(3)4)28(38)25(31(33)41)30(40)32(21,42)29(39)23(17)27(24)37/h7-10,14,17,21,26,36-37,40,42H,2,5-6,11-13H2,1,3-4H3,(H2,33,41). The van der Waals surface area contributed by atoms with E-state index in [-0.39, 0.29) is 29.7 Å². The first-order valence-corrected chi connectivity index (χ1v) is 13.9. The van der Waals surface area contributed by atoms with E-state index in [1.54, 1.807) is 26.4 Å². The van der Waals surface area contributed by atoms with Crippen molar-refractivity contribution in [1.29, 1.82) is 0 Å². The Bertz CT molecular complexity index is 1590. The average molecular weight is 574 g/mol. The van der Waals surface area contributed by atoms with Crippen LogP contribution in [0.15, 0.2) is 59.5 Å². The van der Waals surface area contributed by atoms with Gasteiger partial charge in [0, 0.05) is 35.4 Å². The smallest absolute Gasteiger partial charge is 0.255 e. The second-order valence-electron chi connectivity index (χ2n) is 11.7. The molecule has 10 nitrogen and oxygen atoms in total. The molecule has 0 spiro atoms. The van der Waals surface area contributed by atoms with Gasteiger partial charge in [0.25, 0.3) is 5.91 Å². The largest absolute Gasteiger partial charge is 0.508 e. The topological polar surface area (TPSA) is 174 Å². The Hall–Kier alpha value is -4.28. The molecule has 2 aromatic rings. The Morgan fingerprint density at radius 3 is 2.48 bits per heavy atom. The zero-order valence-electron chi connectivity index (χ0n) is 23.8. The van der Waals surface area contributed by atoms with Crippen LogP contribution in [0.2, 0.25) is 0 Å². The third-order valence-corrected chi connectivity index (χ3v) is 8.77. The van der Waals surface area contributed by atoms with E-state index >= 15 is 0 Å². The number of aliphatic hydroxyl groups is 3. The molecule has 4 atom stereocenters. The average Bonchev–Trinajstić information content (AvgIpc) is 2.91. The number of nitrogens with zero attached hydrogens (tertiary/aromatic N) is 2. The number of carbonyl (C=O) groups excluding carboxylic acids is 3. The molecule has 220 valence electrons. The van der Waals surface area contributed by atoms with Gasteiger partial charge in [-0.05, 0) is 62.5 Å². The minimum absolute atomic E-state index is 0.0254. The number of allylic oxidation sites excluding steroid dienone is 1. The van der Waals surface area contributed by atoms with Crippen LogP contribution in [-0.4, -0.2) is 73.5 Å². The Morgan fingerprint density at radius 1 is 1.17 bits per heavy atom. The number of fused-ring (bicyclic) bond motifs is 3. The normalized spacial score (nSPS) is 25.3. The van der Waals surface area contributed by atoms with Gasteiger partial charge in [0.1, 0.15) is 22.8 Å². The van der Waals surface area contributed by atoms with Crippen LogP contribution in [0.4, 0.5) is 0 Å². The number of nitrogens with two attached hydrogens (primary N) is 1. The number of carbonyl (C=O) groups is 3. The van der Waals surface area contributed by atoms with Crippen LogP contribution >= 0.6 is 0 Å². The van der Waals surface area contributed by atoms with Crippen molar-refractivity contribution in [3.63, 3.8) is 0 Å². The number of likely N-dealkylation sites (N-methyl/N-ethyl adjacent to an activating group) is 1. The third-order valence-electron chi connectivity index (χ3n) is 8.77. The zero-order valence-corrected chi connectivity index (χ0v) is 23.8. The van der Waals surface area contributed by atoms with Crippen LogP contribution < -0.4 is 5.73 Å². The van der Waals surface area contributed by atoms with Gasteiger partial charge in [-0.3, -0.25) is 24.3 Å². The third kappa shape index (κ3) is 4.33. The molecule has 42 heavy (non-hydrogen) atoms. The van der Waals surface area contributed by atoms with Crippen molar-refractivity contribution in [3.05, 3.63) is 76.3 Å². The van der Waals surface area contributed by atoms with E-state index in [0.717, 1.165) is 29.7 Å². The van der Waals surface area contributed by atoms with E-state index in [9.17, 15) is 34.8 Å². The van der Waals surface area contributed by atoms with Gasteiger partial charge in [-0.1, -0.05) is 37.6 Å². The maximum absolute atomic E-state index is 14.0. The van der Waals surface area contributed by atoms with Crippen LogP contribution in [0, 0.1) is 11.8 Å². The molecule has 6 N–H and O–H groups in total. The maximum Gasteiger partial charge on any atom is 0.255 e. The zero-order chi connectivity index (χ0) is 30.7. The van der Waals surface area contributed by atoms with Crippen molar-refractivity contribution in [2.24, 2.45) is 17.6 Å². The molecule has 1 aromatic heterocycles. The molecule has 3 aliphatic rings. The van der Waals surface area contributed by atoms with Crippen molar-refractivity contribution < 1.29 is 34.8 Å². The van der Waals surface area contributed by atoms with E-state index < -0.39 is 58.0 Å². The SMILES string of the molecule is C=C(CCC)Cc1ccc(-c2ccc(O)c3c2CC2CC4C(N(C)C)C(=O)C(C(N)=O)=C(O)C4(O)C(=O)C2=C3O)cn1. The lowest BCUT2D eigenvalue weighted by atomic mass is 9.57. The molecule has 0 aliphatic heterocycles. The van der Waals surface area contributed by atoms with Crippen LogP contribution in [0.5, 0.6) is 5.75 Å². The Balaban J connectivity index is 1.63. The second-order valence-corrected chi connectivity index (χ2v) is 11.7. The number of Topliss-reactive ketones (excluding diaryl/α,β-unsaturated/α-hetero) is 2. The lowest BCUT2D eigenvalue weighted by molar-refractivity contribution is -0.153. The molecule has 1 saturated carbocycles. The molecule has 0 radical (unpaired) electrons. The first-order chi connectivity index (χ1) is 19.8. The van der Waals surface area contributed by atoms with Crippen LogP contribution in [-0.2, 0) is 27.2 Å². The molecule has 3 aliphatic carbocycles. The number of phenols is 1. The number of aromatic hydroxyl groups is 1. The Morgan fingerprint density at radius 2 is 1.88 bits per heavy atom. The number of hydrogen-bond acceptors (Lipinski definition) is 9. The van der Waals surface area contributed by atoms with E-state index in [0.29, 0.717) is 17.5 Å². The predicted molar refractivity (Wildman–Crippen MR) is 155 cm³/mol. The van der Waals surface area contributed by atoms with Gasteiger partial charge >= 0.3 is 0 Å². The summed E-state index contributed by atoms with van der Waals surface area (Å²) in [5, 5.41) is 45.0. The fourth-order valence-electron chi connectivity index (χ4n) is 6.90. The molecule has 10 heteroatoms. The van der Waals surface area contributed by atoms with Crippen molar-refractivity contribution >= 4 is 23.2 Å². The molecule has 1 amide bonds. The number of benzene rings is 1. The van der Waals surface area contributed by atoms with Gasteiger partial charge < -0.3 is 26.2 Å². The van der Waals surface area contributed by atoms with Gasteiger partial charge in [0.2, 0.25) is 5.78 Å². The van der Waals surface area contributed by atoms with E-state index in [1.807, 2.05) is 12.1 Å². The number of pyridine rings is 1. The predicted octanol–water partition coefficient (Wildman–Crippen LogP) is 2.92. The maximum atomic E-state index is 14.0. The van der Waals surface area contributed by atoms with E-state index in [1.165, 1.54) is 11.0 Å². The van der Waals surface area contributed by atoms with Crippen molar-refractivity contribution in [1.82, 2.24) is 9.88 Å². The summed E-state index contributed by atoms with van der Waals surface area (Å²) in [4.78, 5) is 45.5. The highest BCUT2D eigenvalue weighted by Crippen LogP contribution is 2.53. The van der Waals surface area contributed by atoms with Gasteiger partial charge in [0.15, 0.2) is 11.4 Å². The van der Waals surface area contributed by atoms with Crippen LogP contribution in [0.3, 0.4) is 0 Å². The highest BCUT2D eigenvalue weighted by atomic mass is 16.3. The lowest BCUT2D eigenvalue weighted by Gasteiger charge is -2.50. The Kier molecular flexibility index (Phi) is 7.32. The van der Waals surface area contributed by atoms with Gasteiger partial charge in [-0.2, -0.15) is 0 Å². The summed E-state index contributed by atoms with van der Waals surface area (Å²) in [5.41, 5.74) is 5.73. The molecule has 4 unspecified atom stereocenters. The number of amides is 1. The number of aliphatic hydroxyl groups excluding tert-OH is 2. The lowest BCUT2D eigenvalue weighted by Crippen LogP contribution is -2.65. The number of primary amides is 1. The summed E-state index contributed by atoms with van der Waals surface area (Å²) in [6.07, 6.45) is 4.52. The number of hydrogen-bond donors (Lipinski definition) is 5.